The second-order valence-corrected chi connectivity index (χ2v) is 7.09. The van der Waals surface area contributed by atoms with Crippen LogP contribution < -0.4 is 4.74 Å². The van der Waals surface area contributed by atoms with E-state index in [0.717, 1.165) is 17.7 Å². The third kappa shape index (κ3) is 3.36. The minimum absolute atomic E-state index is 0.00479. The molecule has 0 N–H and O–H groups in total. The first-order chi connectivity index (χ1) is 11.4. The summed E-state index contributed by atoms with van der Waals surface area (Å²) in [6, 6.07) is 13.1. The number of benzene rings is 2. The molecule has 2 aromatic rings. The number of hydrogen-bond acceptors (Lipinski definition) is 3. The highest BCUT2D eigenvalue weighted by molar-refractivity contribution is 6.31. The molecule has 0 atom stereocenters. The average Bonchev–Trinajstić information content (AvgIpc) is 2.54. The molecule has 0 amide bonds. The summed E-state index contributed by atoms with van der Waals surface area (Å²) in [6.07, 6.45) is 1.07. The molecule has 124 valence electrons. The molecular formula is C20H20ClNO2. The van der Waals surface area contributed by atoms with E-state index < -0.39 is 0 Å². The van der Waals surface area contributed by atoms with Gasteiger partial charge in [-0.2, -0.15) is 0 Å². The third-order valence-electron chi connectivity index (χ3n) is 4.18. The predicted molar refractivity (Wildman–Crippen MR) is 97.7 cm³/mol. The van der Waals surface area contributed by atoms with E-state index in [9.17, 15) is 4.79 Å². The number of hydrogen-bond donors (Lipinski definition) is 0. The lowest BCUT2D eigenvalue weighted by atomic mass is 9.85. The average molecular weight is 342 g/mol. The van der Waals surface area contributed by atoms with E-state index >= 15 is 0 Å². The standard InChI is InChI=1S/C20H20ClNO2/c1-20(2)12-13-8-9-14(21)10-16(13)17(22-20)11-18(23)15-6-4-5-7-19(15)24-3/h4-10H,11-12H2,1-3H3. The van der Waals surface area contributed by atoms with Crippen LogP contribution in [0.3, 0.4) is 0 Å². The van der Waals surface area contributed by atoms with Crippen molar-refractivity contribution >= 4 is 23.1 Å². The summed E-state index contributed by atoms with van der Waals surface area (Å²) < 4.78 is 5.30. The number of rotatable bonds is 4. The quantitative estimate of drug-likeness (QED) is 0.753. The Hall–Kier alpha value is -2.13. The maximum Gasteiger partial charge on any atom is 0.172 e. The number of carbonyl (C=O) groups is 1. The molecule has 0 unspecified atom stereocenters. The van der Waals surface area contributed by atoms with Crippen molar-refractivity contribution in [1.82, 2.24) is 0 Å². The van der Waals surface area contributed by atoms with Gasteiger partial charge in [0.05, 0.1) is 30.3 Å². The van der Waals surface area contributed by atoms with E-state index in [0.29, 0.717) is 16.3 Å². The van der Waals surface area contributed by atoms with Crippen LogP contribution in [0.1, 0.15) is 41.8 Å². The van der Waals surface area contributed by atoms with Gasteiger partial charge in [-0.3, -0.25) is 9.79 Å². The highest BCUT2D eigenvalue weighted by Crippen LogP contribution is 2.31. The number of Topliss-reactive ketones (excluding diaryl/α,β-unsaturated/α-hetero) is 1. The number of halogens is 1. The monoisotopic (exact) mass is 341 g/mol. The minimum Gasteiger partial charge on any atom is -0.496 e. The first kappa shape index (κ1) is 16.7. The van der Waals surface area contributed by atoms with E-state index in [4.69, 9.17) is 21.3 Å². The molecular weight excluding hydrogens is 322 g/mol. The number of ether oxygens (including phenoxy) is 1. The zero-order chi connectivity index (χ0) is 17.3. The predicted octanol–water partition coefficient (Wildman–Crippen LogP) is 4.75. The van der Waals surface area contributed by atoms with Crippen molar-refractivity contribution < 1.29 is 9.53 Å². The van der Waals surface area contributed by atoms with Crippen LogP contribution in [0.15, 0.2) is 47.5 Å². The fourth-order valence-electron chi connectivity index (χ4n) is 3.16. The molecule has 2 aromatic carbocycles. The smallest absolute Gasteiger partial charge is 0.172 e. The highest BCUT2D eigenvalue weighted by atomic mass is 35.5. The van der Waals surface area contributed by atoms with Gasteiger partial charge in [0, 0.05) is 10.6 Å². The van der Waals surface area contributed by atoms with Crippen LogP contribution in [0.2, 0.25) is 5.02 Å². The second kappa shape index (κ2) is 6.40. The van der Waals surface area contributed by atoms with E-state index in [1.165, 1.54) is 5.56 Å². The topological polar surface area (TPSA) is 38.7 Å². The number of para-hydroxylation sites is 1. The van der Waals surface area contributed by atoms with Crippen molar-refractivity contribution in [2.45, 2.75) is 32.2 Å². The van der Waals surface area contributed by atoms with Gasteiger partial charge < -0.3 is 4.74 Å². The molecule has 3 rings (SSSR count). The first-order valence-electron chi connectivity index (χ1n) is 7.93. The number of nitrogens with zero attached hydrogens (tertiary/aromatic N) is 1. The zero-order valence-corrected chi connectivity index (χ0v) is 14.9. The summed E-state index contributed by atoms with van der Waals surface area (Å²) in [5, 5.41) is 0.658. The van der Waals surface area contributed by atoms with Gasteiger partial charge in [0.15, 0.2) is 5.78 Å². The van der Waals surface area contributed by atoms with Gasteiger partial charge in [-0.05, 0) is 50.1 Å². The SMILES string of the molecule is COc1ccccc1C(=O)CC1=NC(C)(C)Cc2ccc(Cl)cc21. The molecule has 3 nitrogen and oxygen atoms in total. The van der Waals surface area contributed by atoms with Crippen LogP contribution in [-0.2, 0) is 6.42 Å². The van der Waals surface area contributed by atoms with Crippen molar-refractivity contribution in [1.29, 1.82) is 0 Å². The Morgan fingerprint density at radius 2 is 2.00 bits per heavy atom. The maximum absolute atomic E-state index is 12.8. The zero-order valence-electron chi connectivity index (χ0n) is 14.1. The molecule has 0 spiro atoms. The lowest BCUT2D eigenvalue weighted by molar-refractivity contribution is 0.0997. The Labute approximate surface area is 147 Å². The Morgan fingerprint density at radius 1 is 1.25 bits per heavy atom. The van der Waals surface area contributed by atoms with Crippen LogP contribution in [0.25, 0.3) is 0 Å². The van der Waals surface area contributed by atoms with E-state index in [-0.39, 0.29) is 17.7 Å². The van der Waals surface area contributed by atoms with Crippen molar-refractivity contribution in [3.63, 3.8) is 0 Å². The van der Waals surface area contributed by atoms with E-state index in [2.05, 4.69) is 13.8 Å². The first-order valence-corrected chi connectivity index (χ1v) is 8.31. The molecule has 0 aromatic heterocycles. The molecule has 1 heterocycles. The maximum atomic E-state index is 12.8. The van der Waals surface area contributed by atoms with E-state index in [1.807, 2.05) is 30.3 Å². The summed E-state index contributed by atoms with van der Waals surface area (Å²) in [5.41, 5.74) is 3.30. The molecule has 0 saturated heterocycles. The Bertz CT molecular complexity index is 824. The normalized spacial score (nSPS) is 15.4. The Balaban J connectivity index is 1.98. The summed E-state index contributed by atoms with van der Waals surface area (Å²) in [4.78, 5) is 17.6. The molecule has 1 aliphatic heterocycles. The van der Waals surface area contributed by atoms with Crippen molar-refractivity contribution in [2.75, 3.05) is 7.11 Å². The fourth-order valence-corrected chi connectivity index (χ4v) is 3.33. The number of carbonyl (C=O) groups excluding carboxylic acids is 1. The van der Waals surface area contributed by atoms with Crippen molar-refractivity contribution in [3.05, 3.63) is 64.2 Å². The lowest BCUT2D eigenvalue weighted by Gasteiger charge is -2.29. The van der Waals surface area contributed by atoms with Crippen LogP contribution in [-0.4, -0.2) is 24.1 Å². The van der Waals surface area contributed by atoms with Crippen LogP contribution in [0.4, 0.5) is 0 Å². The fraction of sp³-hybridized carbons (Fsp3) is 0.300. The second-order valence-electron chi connectivity index (χ2n) is 6.65. The van der Waals surface area contributed by atoms with Crippen LogP contribution in [0.5, 0.6) is 5.75 Å². The third-order valence-corrected chi connectivity index (χ3v) is 4.41. The van der Waals surface area contributed by atoms with Gasteiger partial charge in [-0.1, -0.05) is 29.8 Å². The minimum atomic E-state index is -0.225. The van der Waals surface area contributed by atoms with Crippen LogP contribution in [0, 0.1) is 0 Å². The molecule has 4 heteroatoms. The van der Waals surface area contributed by atoms with Gasteiger partial charge in [-0.25, -0.2) is 0 Å². The van der Waals surface area contributed by atoms with Gasteiger partial charge in [-0.15, -0.1) is 0 Å². The molecule has 24 heavy (non-hydrogen) atoms. The molecule has 0 fully saturated rings. The van der Waals surface area contributed by atoms with Crippen LogP contribution >= 0.6 is 11.6 Å². The largest absolute Gasteiger partial charge is 0.496 e. The highest BCUT2D eigenvalue weighted by Gasteiger charge is 2.28. The summed E-state index contributed by atoms with van der Waals surface area (Å²) in [6.45, 7) is 4.16. The number of methoxy groups -OCH3 is 1. The summed E-state index contributed by atoms with van der Waals surface area (Å²) in [7, 11) is 1.57. The van der Waals surface area contributed by atoms with Crippen molar-refractivity contribution in [3.8, 4) is 5.75 Å². The van der Waals surface area contributed by atoms with Gasteiger partial charge in [0.25, 0.3) is 0 Å². The molecule has 0 saturated carbocycles. The molecule has 1 aliphatic rings. The molecule has 0 aliphatic carbocycles. The molecule has 0 bridgehead atoms. The van der Waals surface area contributed by atoms with E-state index in [1.54, 1.807) is 19.2 Å². The number of ketones is 1. The Kier molecular flexibility index (Phi) is 4.46. The lowest BCUT2D eigenvalue weighted by Crippen LogP contribution is -2.30. The number of aliphatic imine (C=N–C) groups is 1. The molecule has 0 radical (unpaired) electrons. The summed E-state index contributed by atoms with van der Waals surface area (Å²) in [5.74, 6) is 0.583. The van der Waals surface area contributed by atoms with Crippen molar-refractivity contribution in [2.24, 2.45) is 4.99 Å². The number of fused-ring (bicyclic) bond motifs is 1. The Morgan fingerprint density at radius 3 is 2.75 bits per heavy atom. The van der Waals surface area contributed by atoms with Gasteiger partial charge in [0.2, 0.25) is 0 Å². The van der Waals surface area contributed by atoms with Gasteiger partial charge in [0.1, 0.15) is 5.75 Å². The van der Waals surface area contributed by atoms with Gasteiger partial charge >= 0.3 is 0 Å². The summed E-state index contributed by atoms with van der Waals surface area (Å²) >= 11 is 6.15.